The molecule has 2 aliphatic heterocycles. The van der Waals surface area contributed by atoms with Crippen molar-refractivity contribution in [3.05, 3.63) is 176 Å². The van der Waals surface area contributed by atoms with Crippen molar-refractivity contribution in [2.45, 2.75) is 19.6 Å². The fourth-order valence-corrected chi connectivity index (χ4v) is 9.42. The van der Waals surface area contributed by atoms with E-state index in [9.17, 15) is 8.42 Å². The van der Waals surface area contributed by atoms with Crippen LogP contribution in [0.4, 0.5) is 51.2 Å². The number of benzene rings is 7. The van der Waals surface area contributed by atoms with E-state index in [0.717, 1.165) is 45.5 Å². The summed E-state index contributed by atoms with van der Waals surface area (Å²) in [7, 11) is -3.20. The topological polar surface area (TPSA) is 43.9 Å². The molecule has 9 rings (SSSR count). The van der Waals surface area contributed by atoms with Crippen LogP contribution < -0.4 is 14.7 Å². The zero-order chi connectivity index (χ0) is 33.8. The minimum Gasteiger partial charge on any atom is -0.310 e. The highest BCUT2D eigenvalue weighted by Crippen LogP contribution is 2.56. The van der Waals surface area contributed by atoms with Crippen molar-refractivity contribution in [3.63, 3.8) is 0 Å². The summed E-state index contributed by atoms with van der Waals surface area (Å²) in [6.45, 7) is 0. The Morgan fingerprint density at radius 2 is 0.755 bits per heavy atom. The van der Waals surface area contributed by atoms with Crippen LogP contribution in [0.15, 0.2) is 195 Å². The molecule has 0 bridgehead atoms. The molecule has 0 radical (unpaired) electrons. The lowest BCUT2D eigenvalue weighted by Crippen LogP contribution is -2.26. The Labute approximate surface area is 291 Å². The monoisotopic (exact) mass is 672 g/mol. The van der Waals surface area contributed by atoms with E-state index < -0.39 is 21.6 Å². The number of hydrogen-bond acceptors (Lipinski definition) is 5. The lowest BCUT2D eigenvalue weighted by molar-refractivity contribution is 0.678. The van der Waals surface area contributed by atoms with Gasteiger partial charge < -0.3 is 14.7 Å². The van der Waals surface area contributed by atoms with Crippen LogP contribution >= 0.6 is 0 Å². The van der Waals surface area contributed by atoms with Gasteiger partial charge in [-0.3, -0.25) is 0 Å². The molecule has 2 heterocycles. The second-order valence-electron chi connectivity index (χ2n) is 11.7. The van der Waals surface area contributed by atoms with E-state index in [1.807, 2.05) is 97.1 Å². The molecule has 5 nitrogen and oxygen atoms in total. The molecule has 0 amide bonds. The van der Waals surface area contributed by atoms with Gasteiger partial charge in [-0.15, -0.1) is 0 Å². The van der Waals surface area contributed by atoms with Gasteiger partial charge in [0.15, 0.2) is 0 Å². The lowest BCUT2D eigenvalue weighted by Gasteiger charge is -2.39. The van der Waals surface area contributed by atoms with Crippen LogP contribution in [-0.4, -0.2) is 8.42 Å². The van der Waals surface area contributed by atoms with Crippen molar-refractivity contribution in [1.82, 2.24) is 0 Å². The Bertz CT molecular complexity index is 2200. The zero-order valence-corrected chi connectivity index (χ0v) is 27.8. The fraction of sp³-hybridized carbons (Fsp3) is 0. The minimum atomic E-state index is -1.60. The van der Waals surface area contributed by atoms with E-state index in [4.69, 9.17) is 1.37 Å². The fourth-order valence-electron chi connectivity index (χ4n) is 6.72. The number of fused-ring (bicyclic) bond motifs is 4. The first-order valence-electron chi connectivity index (χ1n) is 16.4. The molecular weight excluding hydrogens is 643 g/mol. The highest BCUT2D eigenvalue weighted by atomic mass is 32.2. The van der Waals surface area contributed by atoms with Gasteiger partial charge >= 0.3 is 0 Å². The Morgan fingerprint density at radius 1 is 0.408 bits per heavy atom. The number of para-hydroxylation sites is 5. The van der Waals surface area contributed by atoms with Gasteiger partial charge in [-0.2, -0.15) is 0 Å². The molecule has 7 aromatic carbocycles. The largest absolute Gasteiger partial charge is 0.310 e. The smallest absolute Gasteiger partial charge is 0.0892 e. The summed E-state index contributed by atoms with van der Waals surface area (Å²) in [6.07, 6.45) is 0. The Balaban J connectivity index is 1.29. The standard InChI is InChI=1S/C42H29N3O2S2/c46-48-38-26-24-34(43(30-14-5-1-6-15-30)31-16-7-2-8-17-31)28-36(38)45-37-29-35(25-27-39(37)49(47)41-23-13-22-40(48)42(41)45)44(32-18-9-3-10-19-32)33-20-11-4-12-21-33/h1-29H/i13D. The van der Waals surface area contributed by atoms with Gasteiger partial charge in [0.1, 0.15) is 0 Å². The second-order valence-corrected chi connectivity index (χ2v) is 14.6. The van der Waals surface area contributed by atoms with Crippen molar-refractivity contribution in [2.75, 3.05) is 14.7 Å². The highest BCUT2D eigenvalue weighted by molar-refractivity contribution is 7.86. The van der Waals surface area contributed by atoms with Crippen LogP contribution in [0.1, 0.15) is 1.37 Å². The van der Waals surface area contributed by atoms with Gasteiger partial charge in [0, 0.05) is 34.1 Å². The first-order chi connectivity index (χ1) is 24.6. The molecule has 0 fully saturated rings. The summed E-state index contributed by atoms with van der Waals surface area (Å²) in [6, 6.07) is 56.2. The molecule has 0 spiro atoms. The number of anilines is 9. The maximum atomic E-state index is 14.4. The molecule has 0 N–H and O–H groups in total. The van der Waals surface area contributed by atoms with E-state index >= 15 is 0 Å². The maximum absolute atomic E-state index is 14.4. The summed E-state index contributed by atoms with van der Waals surface area (Å²) in [5.74, 6) is 0. The average Bonchev–Trinajstić information content (AvgIpc) is 3.16. The quantitative estimate of drug-likeness (QED) is 0.176. The van der Waals surface area contributed by atoms with Gasteiger partial charge in [-0.25, -0.2) is 8.42 Å². The molecule has 7 heteroatoms. The Kier molecular flexibility index (Phi) is 6.95. The van der Waals surface area contributed by atoms with E-state index in [2.05, 4.69) is 75.4 Å². The van der Waals surface area contributed by atoms with E-state index in [1.165, 1.54) is 0 Å². The predicted molar refractivity (Wildman–Crippen MR) is 200 cm³/mol. The summed E-state index contributed by atoms with van der Waals surface area (Å²) < 4.78 is 37.3. The molecule has 0 saturated heterocycles. The third-order valence-corrected chi connectivity index (χ3v) is 11.8. The summed E-state index contributed by atoms with van der Waals surface area (Å²) in [4.78, 5) is 8.70. The SMILES string of the molecule is [2H]c1cc2c3c(c1)S(=O)c1ccc(N(c4ccccc4)c4ccccc4)cc1N3c1cc(N(c3ccccc3)c3ccccc3)ccc1S2=O. The molecule has 49 heavy (non-hydrogen) atoms. The molecular formula is C42H29N3O2S2. The predicted octanol–water partition coefficient (Wildman–Crippen LogP) is 11.1. The van der Waals surface area contributed by atoms with Crippen molar-refractivity contribution in [3.8, 4) is 0 Å². The van der Waals surface area contributed by atoms with Crippen LogP contribution in [0.3, 0.4) is 0 Å². The van der Waals surface area contributed by atoms with Gasteiger partial charge in [-0.05, 0) is 97.1 Å². The van der Waals surface area contributed by atoms with E-state index in [-0.39, 0.29) is 6.04 Å². The number of rotatable bonds is 6. The van der Waals surface area contributed by atoms with Crippen molar-refractivity contribution >= 4 is 72.8 Å². The molecule has 0 aromatic heterocycles. The number of nitrogens with zero attached hydrogens (tertiary/aromatic N) is 3. The van der Waals surface area contributed by atoms with Crippen molar-refractivity contribution in [1.29, 1.82) is 0 Å². The summed E-state index contributed by atoms with van der Waals surface area (Å²) in [5.41, 5.74) is 7.82. The van der Waals surface area contributed by atoms with Gasteiger partial charge in [0.05, 0.1) is 59.6 Å². The van der Waals surface area contributed by atoms with Gasteiger partial charge in [0.25, 0.3) is 0 Å². The normalized spacial score (nSPS) is 15.8. The maximum Gasteiger partial charge on any atom is 0.0892 e. The molecule has 2 aliphatic rings. The summed E-state index contributed by atoms with van der Waals surface area (Å²) >= 11 is 0. The zero-order valence-electron chi connectivity index (χ0n) is 27.1. The minimum absolute atomic E-state index is 0.180. The molecule has 236 valence electrons. The second kappa shape index (κ2) is 12.0. The van der Waals surface area contributed by atoms with Crippen molar-refractivity contribution < 1.29 is 9.79 Å². The Morgan fingerprint density at radius 3 is 1.10 bits per heavy atom. The van der Waals surface area contributed by atoms with Crippen LogP contribution in [0.2, 0.25) is 0 Å². The van der Waals surface area contributed by atoms with Crippen LogP contribution in [-0.2, 0) is 21.6 Å². The molecule has 7 aromatic rings. The lowest BCUT2D eigenvalue weighted by atomic mass is 10.1. The van der Waals surface area contributed by atoms with Crippen LogP contribution in [0.5, 0.6) is 0 Å². The van der Waals surface area contributed by atoms with E-state index in [0.29, 0.717) is 25.3 Å². The van der Waals surface area contributed by atoms with E-state index in [1.54, 1.807) is 12.1 Å². The average molecular weight is 673 g/mol. The van der Waals surface area contributed by atoms with Crippen LogP contribution in [0, 0.1) is 0 Å². The van der Waals surface area contributed by atoms with Crippen molar-refractivity contribution in [2.24, 2.45) is 0 Å². The third-order valence-electron chi connectivity index (χ3n) is 8.86. The first kappa shape index (κ1) is 28.3. The molecule has 0 saturated carbocycles. The van der Waals surface area contributed by atoms with Crippen LogP contribution in [0.25, 0.3) is 0 Å². The highest BCUT2D eigenvalue weighted by Gasteiger charge is 2.39. The molecule has 2 atom stereocenters. The summed E-state index contributed by atoms with van der Waals surface area (Å²) in [5, 5.41) is 0. The first-order valence-corrected chi connectivity index (χ1v) is 18.2. The third kappa shape index (κ3) is 4.89. The number of hydrogen-bond donors (Lipinski definition) is 0. The molecule has 0 aliphatic carbocycles. The van der Waals surface area contributed by atoms with Gasteiger partial charge in [0.2, 0.25) is 0 Å². The Hall–Kier alpha value is -5.76. The van der Waals surface area contributed by atoms with Gasteiger partial charge in [-0.1, -0.05) is 78.8 Å². The molecule has 2 unspecified atom stereocenters.